The summed E-state index contributed by atoms with van der Waals surface area (Å²) in [5.41, 5.74) is 0. The molecule has 20 heavy (non-hydrogen) atoms. The molecule has 2 atom stereocenters. The lowest BCUT2D eigenvalue weighted by atomic mass is 9.96. The number of aryl methyl sites for hydroxylation is 1. The summed E-state index contributed by atoms with van der Waals surface area (Å²) in [6.45, 7) is 7.55. The Kier molecular flexibility index (Phi) is 5.94. The zero-order valence-corrected chi connectivity index (χ0v) is 13.0. The predicted molar refractivity (Wildman–Crippen MR) is 77.8 cm³/mol. The summed E-state index contributed by atoms with van der Waals surface area (Å²) in [4.78, 5) is 28.1. The van der Waals surface area contributed by atoms with Crippen LogP contribution in [-0.4, -0.2) is 28.6 Å². The van der Waals surface area contributed by atoms with E-state index in [0.29, 0.717) is 0 Å². The number of carboxylic acids is 1. The van der Waals surface area contributed by atoms with E-state index >= 15 is 0 Å². The number of hydrogen-bond acceptors (Lipinski definition) is 4. The number of amides is 2. The van der Waals surface area contributed by atoms with Crippen LogP contribution < -0.4 is 10.6 Å². The van der Waals surface area contributed by atoms with Gasteiger partial charge < -0.3 is 15.7 Å². The van der Waals surface area contributed by atoms with E-state index in [2.05, 4.69) is 15.6 Å². The zero-order valence-electron chi connectivity index (χ0n) is 12.1. The van der Waals surface area contributed by atoms with Gasteiger partial charge in [-0.05, 0) is 19.8 Å². The number of aromatic nitrogens is 1. The first-order valence-electron chi connectivity index (χ1n) is 6.50. The topological polar surface area (TPSA) is 91.3 Å². The monoisotopic (exact) mass is 299 g/mol. The highest BCUT2D eigenvalue weighted by molar-refractivity contribution is 7.11. The molecule has 0 saturated heterocycles. The van der Waals surface area contributed by atoms with E-state index in [4.69, 9.17) is 5.11 Å². The lowest BCUT2D eigenvalue weighted by molar-refractivity contribution is -0.142. The molecule has 3 N–H and O–H groups in total. The average molecular weight is 299 g/mol. The van der Waals surface area contributed by atoms with Crippen LogP contribution >= 0.6 is 11.3 Å². The van der Waals surface area contributed by atoms with Crippen molar-refractivity contribution in [1.29, 1.82) is 0 Å². The number of thiazole rings is 1. The average Bonchev–Trinajstić information content (AvgIpc) is 2.75. The zero-order chi connectivity index (χ0) is 15.3. The van der Waals surface area contributed by atoms with Gasteiger partial charge in [-0.25, -0.2) is 9.78 Å². The van der Waals surface area contributed by atoms with Gasteiger partial charge in [-0.15, -0.1) is 11.3 Å². The SMILES string of the molecule is Cc1cnc(C(C)NC(=O)NCC(C(=O)O)C(C)C)s1. The fraction of sp³-hybridized carbons (Fsp3) is 0.615. The lowest BCUT2D eigenvalue weighted by Gasteiger charge is -2.18. The minimum atomic E-state index is -0.899. The van der Waals surface area contributed by atoms with Gasteiger partial charge in [-0.2, -0.15) is 0 Å². The lowest BCUT2D eigenvalue weighted by Crippen LogP contribution is -2.42. The number of hydrogen-bond donors (Lipinski definition) is 3. The van der Waals surface area contributed by atoms with Crippen LogP contribution in [0.15, 0.2) is 6.20 Å². The molecule has 0 bridgehead atoms. The normalized spacial score (nSPS) is 13.8. The molecule has 1 aromatic rings. The number of nitrogens with one attached hydrogen (secondary N) is 2. The van der Waals surface area contributed by atoms with Gasteiger partial charge in [0.2, 0.25) is 0 Å². The minimum absolute atomic E-state index is 0.0353. The first-order valence-corrected chi connectivity index (χ1v) is 7.32. The van der Waals surface area contributed by atoms with Crippen molar-refractivity contribution < 1.29 is 14.7 Å². The van der Waals surface area contributed by atoms with Gasteiger partial charge in [0, 0.05) is 17.6 Å². The van der Waals surface area contributed by atoms with Crippen molar-refractivity contribution in [2.45, 2.75) is 33.7 Å². The van der Waals surface area contributed by atoms with Crippen LogP contribution in [0.3, 0.4) is 0 Å². The van der Waals surface area contributed by atoms with Gasteiger partial charge in [0.05, 0.1) is 12.0 Å². The molecule has 2 amide bonds. The third-order valence-corrected chi connectivity index (χ3v) is 4.06. The maximum absolute atomic E-state index is 11.7. The number of carbonyl (C=O) groups excluding carboxylic acids is 1. The molecule has 0 aliphatic heterocycles. The van der Waals surface area contributed by atoms with Crippen molar-refractivity contribution in [3.05, 3.63) is 16.1 Å². The van der Waals surface area contributed by atoms with E-state index in [1.165, 1.54) is 11.3 Å². The second-order valence-corrected chi connectivity index (χ2v) is 6.34. The van der Waals surface area contributed by atoms with Crippen LogP contribution in [0.25, 0.3) is 0 Å². The number of aliphatic carboxylic acids is 1. The van der Waals surface area contributed by atoms with Crippen molar-refractivity contribution >= 4 is 23.3 Å². The molecule has 1 heterocycles. The van der Waals surface area contributed by atoms with Crippen LogP contribution in [-0.2, 0) is 4.79 Å². The predicted octanol–water partition coefficient (Wildman–Crippen LogP) is 2.17. The summed E-state index contributed by atoms with van der Waals surface area (Å²) in [6.07, 6.45) is 1.76. The van der Waals surface area contributed by atoms with Crippen LogP contribution in [0, 0.1) is 18.8 Å². The van der Waals surface area contributed by atoms with Crippen molar-refractivity contribution in [2.75, 3.05) is 6.54 Å². The molecule has 1 rings (SSSR count). The number of rotatable bonds is 6. The molecule has 7 heteroatoms. The van der Waals surface area contributed by atoms with Gasteiger partial charge in [-0.3, -0.25) is 4.79 Å². The number of nitrogens with zero attached hydrogens (tertiary/aromatic N) is 1. The molecule has 6 nitrogen and oxygen atoms in total. The van der Waals surface area contributed by atoms with E-state index in [1.54, 1.807) is 6.20 Å². The molecule has 0 saturated carbocycles. The highest BCUT2D eigenvalue weighted by Crippen LogP contribution is 2.18. The molecular formula is C13H21N3O3S. The van der Waals surface area contributed by atoms with E-state index < -0.39 is 11.9 Å². The number of urea groups is 1. The van der Waals surface area contributed by atoms with E-state index in [-0.39, 0.29) is 24.5 Å². The Morgan fingerprint density at radius 2 is 2.05 bits per heavy atom. The van der Waals surface area contributed by atoms with Crippen LogP contribution in [0.5, 0.6) is 0 Å². The fourth-order valence-electron chi connectivity index (χ4n) is 1.69. The van der Waals surface area contributed by atoms with Gasteiger partial charge in [0.15, 0.2) is 0 Å². The Morgan fingerprint density at radius 1 is 1.40 bits per heavy atom. The highest BCUT2D eigenvalue weighted by Gasteiger charge is 2.22. The maximum Gasteiger partial charge on any atom is 0.315 e. The molecule has 2 unspecified atom stereocenters. The third-order valence-electron chi connectivity index (χ3n) is 2.96. The van der Waals surface area contributed by atoms with Crippen molar-refractivity contribution in [1.82, 2.24) is 15.6 Å². The standard InChI is InChI=1S/C13H21N3O3S/c1-7(2)10(12(17)18)6-15-13(19)16-9(4)11-14-5-8(3)20-11/h5,7,9-10H,6H2,1-4H3,(H,17,18)(H2,15,16,19). The molecule has 112 valence electrons. The Hall–Kier alpha value is -1.63. The molecule has 0 aliphatic carbocycles. The third kappa shape index (κ3) is 4.80. The second-order valence-electron chi connectivity index (χ2n) is 5.07. The smallest absolute Gasteiger partial charge is 0.315 e. The van der Waals surface area contributed by atoms with Gasteiger partial charge in [0.1, 0.15) is 5.01 Å². The minimum Gasteiger partial charge on any atom is -0.481 e. The summed E-state index contributed by atoms with van der Waals surface area (Å²) >= 11 is 1.52. The summed E-state index contributed by atoms with van der Waals surface area (Å²) in [5, 5.41) is 15.2. The first-order chi connectivity index (χ1) is 9.31. The maximum atomic E-state index is 11.7. The second kappa shape index (κ2) is 7.23. The summed E-state index contributed by atoms with van der Waals surface area (Å²) < 4.78 is 0. The molecule has 1 aromatic heterocycles. The molecular weight excluding hydrogens is 278 g/mol. The Labute approximate surface area is 122 Å². The van der Waals surface area contributed by atoms with Gasteiger partial charge in [0.25, 0.3) is 0 Å². The van der Waals surface area contributed by atoms with Crippen LogP contribution in [0.1, 0.15) is 36.7 Å². The molecule has 0 radical (unpaired) electrons. The highest BCUT2D eigenvalue weighted by atomic mass is 32.1. The number of carbonyl (C=O) groups is 2. The molecule has 0 fully saturated rings. The Bertz CT molecular complexity index is 473. The van der Waals surface area contributed by atoms with Crippen molar-refractivity contribution in [3.63, 3.8) is 0 Å². The fourth-order valence-corrected chi connectivity index (χ4v) is 2.47. The summed E-state index contributed by atoms with van der Waals surface area (Å²) in [5.74, 6) is -1.52. The van der Waals surface area contributed by atoms with Gasteiger partial charge in [-0.1, -0.05) is 13.8 Å². The molecule has 0 spiro atoms. The summed E-state index contributed by atoms with van der Waals surface area (Å²) in [7, 11) is 0. The molecule has 0 aromatic carbocycles. The quantitative estimate of drug-likeness (QED) is 0.750. The van der Waals surface area contributed by atoms with Crippen molar-refractivity contribution in [2.24, 2.45) is 11.8 Å². The Balaban J connectivity index is 2.45. The van der Waals surface area contributed by atoms with Crippen LogP contribution in [0.4, 0.5) is 4.79 Å². The van der Waals surface area contributed by atoms with E-state index in [9.17, 15) is 9.59 Å². The number of carboxylic acid groups (broad SMARTS) is 1. The molecule has 0 aliphatic rings. The van der Waals surface area contributed by atoms with Crippen LogP contribution in [0.2, 0.25) is 0 Å². The van der Waals surface area contributed by atoms with Crippen molar-refractivity contribution in [3.8, 4) is 0 Å². The first kappa shape index (κ1) is 16.4. The van der Waals surface area contributed by atoms with Gasteiger partial charge >= 0.3 is 12.0 Å². The summed E-state index contributed by atoms with van der Waals surface area (Å²) in [6, 6.07) is -0.576. The largest absolute Gasteiger partial charge is 0.481 e. The van der Waals surface area contributed by atoms with E-state index in [1.807, 2.05) is 27.7 Å². The Morgan fingerprint density at radius 3 is 2.50 bits per heavy atom. The van der Waals surface area contributed by atoms with E-state index in [0.717, 1.165) is 9.88 Å².